The highest BCUT2D eigenvalue weighted by molar-refractivity contribution is 5.36. The van der Waals surface area contributed by atoms with Crippen molar-refractivity contribution in [2.45, 2.75) is 53.5 Å². The average Bonchev–Trinajstić information content (AvgIpc) is 3.06. The molecule has 1 aliphatic rings. The molecule has 0 aliphatic heterocycles. The van der Waals surface area contributed by atoms with Gasteiger partial charge in [0.1, 0.15) is 0 Å². The molecule has 1 aromatic carbocycles. The van der Waals surface area contributed by atoms with Gasteiger partial charge in [-0.05, 0) is 67.7 Å². The second-order valence-corrected chi connectivity index (χ2v) is 5.82. The molecule has 0 amide bonds. The molecule has 0 spiro atoms. The van der Waals surface area contributed by atoms with Crippen LogP contribution < -0.4 is 5.32 Å². The summed E-state index contributed by atoms with van der Waals surface area (Å²) in [5.74, 6) is 0. The van der Waals surface area contributed by atoms with Crippen molar-refractivity contribution in [2.24, 2.45) is 5.41 Å². The minimum atomic E-state index is 0.646. The Morgan fingerprint density at radius 1 is 1.06 bits per heavy atom. The van der Waals surface area contributed by atoms with E-state index in [-0.39, 0.29) is 0 Å². The maximum atomic E-state index is 3.64. The number of hydrogen-bond acceptors (Lipinski definition) is 1. The van der Waals surface area contributed by atoms with E-state index >= 15 is 0 Å². The highest BCUT2D eigenvalue weighted by atomic mass is 14.9. The van der Waals surface area contributed by atoms with Crippen molar-refractivity contribution >= 4 is 0 Å². The van der Waals surface area contributed by atoms with Crippen molar-refractivity contribution in [1.82, 2.24) is 5.32 Å². The molecule has 0 heterocycles. The van der Waals surface area contributed by atoms with Gasteiger partial charge in [0, 0.05) is 13.1 Å². The second-order valence-electron chi connectivity index (χ2n) is 5.82. The Kier molecular flexibility index (Phi) is 3.58. The summed E-state index contributed by atoms with van der Waals surface area (Å²) in [5.41, 5.74) is 6.33. The minimum Gasteiger partial charge on any atom is -0.312 e. The van der Waals surface area contributed by atoms with Gasteiger partial charge in [-0.3, -0.25) is 0 Å². The van der Waals surface area contributed by atoms with E-state index in [0.717, 1.165) is 6.54 Å². The van der Waals surface area contributed by atoms with Crippen LogP contribution in [0.25, 0.3) is 0 Å². The fourth-order valence-electron chi connectivity index (χ4n) is 2.51. The summed E-state index contributed by atoms with van der Waals surface area (Å²) in [6.07, 6.45) is 4.16. The summed E-state index contributed by atoms with van der Waals surface area (Å²) in [7, 11) is 0. The van der Waals surface area contributed by atoms with Crippen LogP contribution in [0.4, 0.5) is 0 Å². The maximum Gasteiger partial charge on any atom is 0.0208 e. The van der Waals surface area contributed by atoms with Crippen molar-refractivity contribution in [3.05, 3.63) is 34.4 Å². The minimum absolute atomic E-state index is 0.646. The van der Waals surface area contributed by atoms with Gasteiger partial charge in [0.25, 0.3) is 0 Å². The van der Waals surface area contributed by atoms with Gasteiger partial charge in [0.05, 0.1) is 0 Å². The van der Waals surface area contributed by atoms with Crippen LogP contribution in [0.5, 0.6) is 0 Å². The van der Waals surface area contributed by atoms with E-state index in [4.69, 9.17) is 0 Å². The number of aryl methyl sites for hydroxylation is 3. The topological polar surface area (TPSA) is 12.0 Å². The second kappa shape index (κ2) is 4.81. The fraction of sp³-hybridized carbons (Fsp3) is 0.625. The van der Waals surface area contributed by atoms with Gasteiger partial charge in [-0.2, -0.15) is 0 Å². The van der Waals surface area contributed by atoms with Crippen LogP contribution in [0.3, 0.4) is 0 Å². The molecule has 1 saturated carbocycles. The molecule has 0 unspecified atom stereocenters. The van der Waals surface area contributed by atoms with Crippen molar-refractivity contribution in [3.8, 4) is 0 Å². The smallest absolute Gasteiger partial charge is 0.0208 e. The molecule has 1 heteroatoms. The Hall–Kier alpha value is -0.820. The normalized spacial score (nSPS) is 17.2. The summed E-state index contributed by atoms with van der Waals surface area (Å²) in [5, 5.41) is 3.64. The summed E-state index contributed by atoms with van der Waals surface area (Å²) >= 11 is 0. The molecule has 1 N–H and O–H groups in total. The number of nitrogens with one attached hydrogen (secondary N) is 1. The first kappa shape index (κ1) is 12.6. The van der Waals surface area contributed by atoms with Gasteiger partial charge in [-0.25, -0.2) is 0 Å². The quantitative estimate of drug-likeness (QED) is 0.810. The molecule has 0 bridgehead atoms. The summed E-state index contributed by atoms with van der Waals surface area (Å²) < 4.78 is 0. The summed E-state index contributed by atoms with van der Waals surface area (Å²) in [6, 6.07) is 4.64. The monoisotopic (exact) mass is 231 g/mol. The lowest BCUT2D eigenvalue weighted by Crippen LogP contribution is -2.23. The zero-order valence-electron chi connectivity index (χ0n) is 11.7. The van der Waals surface area contributed by atoms with E-state index in [2.05, 4.69) is 45.1 Å². The third kappa shape index (κ3) is 2.90. The van der Waals surface area contributed by atoms with Gasteiger partial charge in [-0.15, -0.1) is 0 Å². The van der Waals surface area contributed by atoms with Gasteiger partial charge < -0.3 is 5.32 Å². The molecule has 2 rings (SSSR count). The van der Waals surface area contributed by atoms with Crippen LogP contribution in [-0.4, -0.2) is 6.54 Å². The van der Waals surface area contributed by atoms with Gasteiger partial charge in [-0.1, -0.05) is 19.1 Å². The van der Waals surface area contributed by atoms with Gasteiger partial charge in [0.15, 0.2) is 0 Å². The molecule has 0 aromatic heterocycles. The van der Waals surface area contributed by atoms with Crippen LogP contribution >= 0.6 is 0 Å². The van der Waals surface area contributed by atoms with E-state index < -0.39 is 0 Å². The van der Waals surface area contributed by atoms with Crippen molar-refractivity contribution in [3.63, 3.8) is 0 Å². The zero-order valence-corrected chi connectivity index (χ0v) is 11.7. The fourth-order valence-corrected chi connectivity index (χ4v) is 2.51. The number of hydrogen-bond donors (Lipinski definition) is 1. The number of rotatable bonds is 5. The first-order chi connectivity index (χ1) is 8.06. The molecule has 94 valence electrons. The highest BCUT2D eigenvalue weighted by Crippen LogP contribution is 2.47. The van der Waals surface area contributed by atoms with Crippen LogP contribution in [0.1, 0.15) is 48.4 Å². The molecule has 0 radical (unpaired) electrons. The van der Waals surface area contributed by atoms with Crippen LogP contribution in [0.15, 0.2) is 12.1 Å². The number of benzene rings is 1. The summed E-state index contributed by atoms with van der Waals surface area (Å²) in [4.78, 5) is 0. The van der Waals surface area contributed by atoms with Crippen LogP contribution in [0.2, 0.25) is 0 Å². The molecule has 1 aromatic rings. The lowest BCUT2D eigenvalue weighted by Gasteiger charge is -2.15. The molecule has 1 nitrogen and oxygen atoms in total. The van der Waals surface area contributed by atoms with E-state index in [1.165, 1.54) is 48.1 Å². The zero-order chi connectivity index (χ0) is 12.5. The van der Waals surface area contributed by atoms with Crippen molar-refractivity contribution < 1.29 is 0 Å². The standard InChI is InChI=1S/C16H25N/c1-5-16(6-7-16)11-17-10-15-9-13(3)12(2)8-14(15)4/h8-9,17H,5-7,10-11H2,1-4H3. The lowest BCUT2D eigenvalue weighted by molar-refractivity contribution is 0.443. The molecular formula is C16H25N. The van der Waals surface area contributed by atoms with Crippen molar-refractivity contribution in [2.75, 3.05) is 6.54 Å². The third-order valence-electron chi connectivity index (χ3n) is 4.47. The molecule has 0 saturated heterocycles. The Labute approximate surface area is 106 Å². The molecule has 0 atom stereocenters. The van der Waals surface area contributed by atoms with Gasteiger partial charge in [0.2, 0.25) is 0 Å². The highest BCUT2D eigenvalue weighted by Gasteiger charge is 2.39. The SMILES string of the molecule is CCC1(CNCc2cc(C)c(C)cc2C)CC1. The van der Waals surface area contributed by atoms with Gasteiger partial charge >= 0.3 is 0 Å². The maximum absolute atomic E-state index is 3.64. The molecular weight excluding hydrogens is 206 g/mol. The first-order valence-corrected chi connectivity index (χ1v) is 6.84. The Balaban J connectivity index is 1.93. The molecule has 17 heavy (non-hydrogen) atoms. The first-order valence-electron chi connectivity index (χ1n) is 6.84. The Bertz CT molecular complexity index is 402. The molecule has 1 fully saturated rings. The van der Waals surface area contributed by atoms with E-state index in [9.17, 15) is 0 Å². The van der Waals surface area contributed by atoms with E-state index in [1.807, 2.05) is 0 Å². The molecule has 1 aliphatic carbocycles. The third-order valence-corrected chi connectivity index (χ3v) is 4.47. The predicted molar refractivity (Wildman–Crippen MR) is 74.3 cm³/mol. The summed E-state index contributed by atoms with van der Waals surface area (Å²) in [6.45, 7) is 11.1. The van der Waals surface area contributed by atoms with E-state index in [1.54, 1.807) is 0 Å². The van der Waals surface area contributed by atoms with Crippen LogP contribution in [-0.2, 0) is 6.54 Å². The Morgan fingerprint density at radius 3 is 2.29 bits per heavy atom. The van der Waals surface area contributed by atoms with Crippen molar-refractivity contribution in [1.29, 1.82) is 0 Å². The Morgan fingerprint density at radius 2 is 1.71 bits per heavy atom. The van der Waals surface area contributed by atoms with E-state index in [0.29, 0.717) is 5.41 Å². The largest absolute Gasteiger partial charge is 0.312 e. The lowest BCUT2D eigenvalue weighted by atomic mass is 10.00. The predicted octanol–water partition coefficient (Wildman–Crippen LogP) is 3.89. The average molecular weight is 231 g/mol. The van der Waals surface area contributed by atoms with Crippen LogP contribution in [0, 0.1) is 26.2 Å².